The number of nitrogens with zero attached hydrogens (tertiary/aromatic N) is 4. The summed E-state index contributed by atoms with van der Waals surface area (Å²) in [7, 11) is 0. The zero-order valence-electron chi connectivity index (χ0n) is 20.7. The molecular formula is C27H25N7O3S. The molecule has 0 radical (unpaired) electrons. The van der Waals surface area contributed by atoms with Crippen molar-refractivity contribution in [2.45, 2.75) is 19.9 Å². The normalized spacial score (nSPS) is 13.2. The quantitative estimate of drug-likeness (QED) is 0.372. The van der Waals surface area contributed by atoms with Crippen molar-refractivity contribution < 1.29 is 9.59 Å². The predicted octanol–water partition coefficient (Wildman–Crippen LogP) is 1.10. The number of carbonyl (C=O) groups is 2. The number of thiazole rings is 1. The van der Waals surface area contributed by atoms with Crippen molar-refractivity contribution in [2.24, 2.45) is 0 Å². The molecular weight excluding hydrogens is 502 g/mol. The Bertz CT molecular complexity index is 1640. The fourth-order valence-electron chi connectivity index (χ4n) is 4.18. The summed E-state index contributed by atoms with van der Waals surface area (Å²) in [6.45, 7) is 2.80. The van der Waals surface area contributed by atoms with Gasteiger partial charge < -0.3 is 20.9 Å². The van der Waals surface area contributed by atoms with Gasteiger partial charge in [0.25, 0.3) is 11.5 Å². The maximum Gasteiger partial charge on any atom is 0.270 e. The van der Waals surface area contributed by atoms with E-state index in [4.69, 9.17) is 5.26 Å². The molecule has 3 N–H and O–H groups in total. The maximum atomic E-state index is 12.9. The molecule has 3 aromatic rings. The summed E-state index contributed by atoms with van der Waals surface area (Å²) in [5.41, 5.74) is 2.99. The molecule has 2 heterocycles. The Morgan fingerprint density at radius 3 is 2.68 bits per heavy atom. The number of fused-ring (bicyclic) bond motifs is 1. The molecule has 1 aromatic heterocycles. The summed E-state index contributed by atoms with van der Waals surface area (Å²) < 4.78 is 1.85. The van der Waals surface area contributed by atoms with Crippen LogP contribution in [0.5, 0.6) is 0 Å². The average Bonchev–Trinajstić information content (AvgIpc) is 3.47. The van der Waals surface area contributed by atoms with Gasteiger partial charge in [-0.3, -0.25) is 19.0 Å². The predicted molar refractivity (Wildman–Crippen MR) is 147 cm³/mol. The molecule has 2 amide bonds. The molecule has 1 aliphatic rings. The lowest BCUT2D eigenvalue weighted by Gasteiger charge is -2.18. The Hall–Kier alpha value is -4.87. The Balaban J connectivity index is 1.51. The standard InChI is InChI=1S/C27H25N7O3S/c1-2-34-26(37)23(38-27(34)21(15-29)25(36)30-12-11-28)16-31-19-7-5-8-20(14-19)32-24(35)17-33-13-10-18-6-3-4-9-22(18)33/h3-9,14,16,31H,2,10,12-13,17H2,1H3,(H,30,36)(H,32,35)/b23-16+,27-21-. The lowest BCUT2D eigenvalue weighted by atomic mass is 10.2. The molecule has 4 rings (SSSR count). The van der Waals surface area contributed by atoms with E-state index in [9.17, 15) is 19.6 Å². The SMILES string of the molecule is CCn1c(=O)/c(=C\Nc2cccc(NC(=O)CN3CCc4ccccc43)c2)s/c1=C(/C#N)C(=O)NCC#N. The number of anilines is 3. The third kappa shape index (κ3) is 5.75. The first-order chi connectivity index (χ1) is 18.4. The van der Waals surface area contributed by atoms with Crippen LogP contribution in [0.3, 0.4) is 0 Å². The molecule has 0 unspecified atom stereocenters. The first-order valence-electron chi connectivity index (χ1n) is 11.9. The number of nitriles is 2. The minimum absolute atomic E-state index is 0.134. The second-order valence-electron chi connectivity index (χ2n) is 8.37. The van der Waals surface area contributed by atoms with Crippen LogP contribution in [0.2, 0.25) is 0 Å². The molecule has 0 fully saturated rings. The van der Waals surface area contributed by atoms with Crippen molar-refractivity contribution in [1.29, 1.82) is 10.5 Å². The second kappa shape index (κ2) is 11.9. The van der Waals surface area contributed by atoms with E-state index in [0.717, 1.165) is 30.0 Å². The van der Waals surface area contributed by atoms with Crippen molar-refractivity contribution in [3.8, 4) is 12.1 Å². The summed E-state index contributed by atoms with van der Waals surface area (Å²) in [5.74, 6) is -0.844. The lowest BCUT2D eigenvalue weighted by Crippen LogP contribution is -2.34. The van der Waals surface area contributed by atoms with Gasteiger partial charge in [0, 0.05) is 36.4 Å². The number of hydrogen-bond acceptors (Lipinski definition) is 8. The Labute approximate surface area is 222 Å². The van der Waals surface area contributed by atoms with Crippen molar-refractivity contribution in [1.82, 2.24) is 9.88 Å². The van der Waals surface area contributed by atoms with E-state index in [1.807, 2.05) is 24.3 Å². The van der Waals surface area contributed by atoms with Gasteiger partial charge in [0.1, 0.15) is 21.8 Å². The van der Waals surface area contributed by atoms with E-state index in [2.05, 4.69) is 26.9 Å². The van der Waals surface area contributed by atoms with E-state index in [1.165, 1.54) is 16.3 Å². The van der Waals surface area contributed by atoms with Crippen molar-refractivity contribution >= 4 is 52.0 Å². The highest BCUT2D eigenvalue weighted by molar-refractivity contribution is 7.07. The lowest BCUT2D eigenvalue weighted by molar-refractivity contribution is -0.116. The van der Waals surface area contributed by atoms with Crippen LogP contribution in [-0.2, 0) is 22.6 Å². The monoisotopic (exact) mass is 527 g/mol. The molecule has 0 saturated heterocycles. The number of para-hydroxylation sites is 1. The molecule has 192 valence electrons. The third-order valence-corrected chi connectivity index (χ3v) is 7.07. The molecule has 0 atom stereocenters. The zero-order valence-corrected chi connectivity index (χ0v) is 21.5. The van der Waals surface area contributed by atoms with E-state index in [1.54, 1.807) is 37.3 Å². The molecule has 11 heteroatoms. The summed E-state index contributed by atoms with van der Waals surface area (Å²) in [6.07, 6.45) is 2.42. The van der Waals surface area contributed by atoms with Crippen LogP contribution >= 0.6 is 11.3 Å². The number of aromatic nitrogens is 1. The van der Waals surface area contributed by atoms with Gasteiger partial charge in [-0.1, -0.05) is 24.3 Å². The van der Waals surface area contributed by atoms with E-state index < -0.39 is 5.91 Å². The Kier molecular flexibility index (Phi) is 8.21. The first-order valence-corrected chi connectivity index (χ1v) is 12.8. The van der Waals surface area contributed by atoms with Gasteiger partial charge in [0.15, 0.2) is 5.57 Å². The average molecular weight is 528 g/mol. The van der Waals surface area contributed by atoms with Crippen LogP contribution < -0.4 is 35.6 Å². The van der Waals surface area contributed by atoms with Crippen LogP contribution in [-0.4, -0.2) is 36.0 Å². The molecule has 2 aromatic carbocycles. The van der Waals surface area contributed by atoms with Gasteiger partial charge in [-0.05, 0) is 43.2 Å². The van der Waals surface area contributed by atoms with Gasteiger partial charge in [-0.15, -0.1) is 11.3 Å². The summed E-state index contributed by atoms with van der Waals surface area (Å²) in [5, 5.41) is 26.5. The topological polar surface area (TPSA) is 143 Å². The first kappa shape index (κ1) is 26.2. The van der Waals surface area contributed by atoms with Crippen molar-refractivity contribution in [3.63, 3.8) is 0 Å². The number of rotatable bonds is 8. The Morgan fingerprint density at radius 2 is 1.92 bits per heavy atom. The number of benzene rings is 2. The van der Waals surface area contributed by atoms with Crippen LogP contribution in [0, 0.1) is 22.7 Å². The molecule has 10 nitrogen and oxygen atoms in total. The minimum atomic E-state index is -0.710. The third-order valence-electron chi connectivity index (χ3n) is 5.94. The summed E-state index contributed by atoms with van der Waals surface area (Å²) in [6, 6.07) is 18.8. The fourth-order valence-corrected chi connectivity index (χ4v) is 5.26. The highest BCUT2D eigenvalue weighted by Gasteiger charge is 2.20. The number of carbonyl (C=O) groups excluding carboxylic acids is 2. The highest BCUT2D eigenvalue weighted by atomic mass is 32.1. The summed E-state index contributed by atoms with van der Waals surface area (Å²) in [4.78, 5) is 40.0. The van der Waals surface area contributed by atoms with E-state index >= 15 is 0 Å². The van der Waals surface area contributed by atoms with Crippen LogP contribution in [0.15, 0.2) is 53.3 Å². The number of amides is 2. The molecule has 0 bridgehead atoms. The minimum Gasteiger partial charge on any atom is -0.362 e. The van der Waals surface area contributed by atoms with Gasteiger partial charge >= 0.3 is 0 Å². The maximum absolute atomic E-state index is 12.9. The largest absolute Gasteiger partial charge is 0.362 e. The van der Waals surface area contributed by atoms with Gasteiger partial charge in [0.2, 0.25) is 5.91 Å². The van der Waals surface area contributed by atoms with Crippen LogP contribution in [0.1, 0.15) is 12.5 Å². The van der Waals surface area contributed by atoms with E-state index in [0.29, 0.717) is 15.9 Å². The molecule has 0 saturated carbocycles. The highest BCUT2D eigenvalue weighted by Crippen LogP contribution is 2.27. The van der Waals surface area contributed by atoms with Crippen LogP contribution in [0.25, 0.3) is 11.8 Å². The molecule has 1 aliphatic heterocycles. The van der Waals surface area contributed by atoms with Gasteiger partial charge in [-0.2, -0.15) is 10.5 Å². The fraction of sp³-hybridized carbons (Fsp3) is 0.222. The summed E-state index contributed by atoms with van der Waals surface area (Å²) >= 11 is 1.01. The van der Waals surface area contributed by atoms with Crippen molar-refractivity contribution in [2.75, 3.05) is 35.2 Å². The zero-order chi connectivity index (χ0) is 27.1. The van der Waals surface area contributed by atoms with Gasteiger partial charge in [-0.25, -0.2) is 0 Å². The molecule has 38 heavy (non-hydrogen) atoms. The van der Waals surface area contributed by atoms with Crippen molar-refractivity contribution in [3.05, 3.63) is 73.6 Å². The van der Waals surface area contributed by atoms with Gasteiger partial charge in [0.05, 0.1) is 12.6 Å². The smallest absolute Gasteiger partial charge is 0.270 e. The number of hydrogen-bond donors (Lipinski definition) is 3. The van der Waals surface area contributed by atoms with Crippen LogP contribution in [0.4, 0.5) is 17.1 Å². The number of nitrogens with one attached hydrogen (secondary N) is 3. The second-order valence-corrected chi connectivity index (χ2v) is 9.40. The van der Waals surface area contributed by atoms with E-state index in [-0.39, 0.29) is 41.3 Å². The molecule has 0 spiro atoms. The molecule has 0 aliphatic carbocycles. The Morgan fingerprint density at radius 1 is 1.13 bits per heavy atom.